The van der Waals surface area contributed by atoms with E-state index in [1.807, 2.05) is 23.1 Å². The van der Waals surface area contributed by atoms with Crippen LogP contribution in [0.2, 0.25) is 5.02 Å². The number of carbonyl (C=O) groups excluding carboxylic acids is 2. The van der Waals surface area contributed by atoms with Crippen LogP contribution in [-0.2, 0) is 19.2 Å². The third-order valence-corrected chi connectivity index (χ3v) is 9.29. The van der Waals surface area contributed by atoms with Crippen molar-refractivity contribution in [2.45, 2.75) is 49.4 Å². The van der Waals surface area contributed by atoms with Gasteiger partial charge in [0.05, 0.1) is 18.5 Å². The topological polar surface area (TPSA) is 138 Å². The Morgan fingerprint density at radius 3 is 2.49 bits per heavy atom. The van der Waals surface area contributed by atoms with E-state index in [0.29, 0.717) is 35.9 Å². The second-order valence-electron chi connectivity index (χ2n) is 8.75. The summed E-state index contributed by atoms with van der Waals surface area (Å²) in [5.41, 5.74) is 7.33. The maximum Gasteiger partial charge on any atom is 0.328 e. The summed E-state index contributed by atoms with van der Waals surface area (Å²) in [5, 5.41) is 18.6. The highest BCUT2D eigenvalue weighted by molar-refractivity contribution is 8.77. The summed E-state index contributed by atoms with van der Waals surface area (Å²) < 4.78 is 0. The Kier molecular flexibility index (Phi) is 10.2. The van der Waals surface area contributed by atoms with Crippen LogP contribution < -0.4 is 5.73 Å². The quantitative estimate of drug-likeness (QED) is 0.251. The van der Waals surface area contributed by atoms with Crippen molar-refractivity contribution in [1.82, 2.24) is 4.90 Å². The smallest absolute Gasteiger partial charge is 0.328 e. The second kappa shape index (κ2) is 12.9. The van der Waals surface area contributed by atoms with Gasteiger partial charge < -0.3 is 15.9 Å². The molecule has 1 aromatic carbocycles. The lowest BCUT2D eigenvalue weighted by Gasteiger charge is -2.38. The summed E-state index contributed by atoms with van der Waals surface area (Å²) in [5.74, 6) is -1.96. The number of hydrogen-bond donors (Lipinski definition) is 3. The number of rotatable bonds is 13. The minimum atomic E-state index is -1.05. The first-order valence-electron chi connectivity index (χ1n) is 11.4. The van der Waals surface area contributed by atoms with E-state index in [9.17, 15) is 24.3 Å². The molecule has 8 nitrogen and oxygen atoms in total. The van der Waals surface area contributed by atoms with Gasteiger partial charge in [-0.1, -0.05) is 51.4 Å². The molecule has 1 saturated carbocycles. The van der Waals surface area contributed by atoms with Crippen molar-refractivity contribution in [2.75, 3.05) is 18.8 Å². The fraction of sp³-hybridized carbons (Fsp3) is 0.500. The van der Waals surface area contributed by atoms with Crippen molar-refractivity contribution in [3.8, 4) is 0 Å². The fourth-order valence-electron chi connectivity index (χ4n) is 4.03. The lowest BCUT2D eigenvalue weighted by atomic mass is 9.94. The lowest BCUT2D eigenvalue weighted by Crippen LogP contribution is -2.43. The van der Waals surface area contributed by atoms with Crippen molar-refractivity contribution < 1.29 is 29.4 Å². The lowest BCUT2D eigenvalue weighted by molar-refractivity contribution is -0.138. The van der Waals surface area contributed by atoms with Gasteiger partial charge in [-0.05, 0) is 36.5 Å². The predicted octanol–water partition coefficient (Wildman–Crippen LogP) is 3.59. The molecular formula is C24H29ClN2O6S2. The first-order valence-corrected chi connectivity index (χ1v) is 14.2. The molecule has 0 amide bonds. The van der Waals surface area contributed by atoms with Crippen LogP contribution in [0.15, 0.2) is 35.9 Å². The van der Waals surface area contributed by atoms with Crippen LogP contribution in [0.5, 0.6) is 0 Å². The van der Waals surface area contributed by atoms with E-state index in [2.05, 4.69) is 0 Å². The molecule has 190 valence electrons. The number of carbonyl (C=O) groups is 4. The molecule has 11 heteroatoms. The van der Waals surface area contributed by atoms with Crippen LogP contribution in [0.1, 0.15) is 43.7 Å². The molecule has 1 aliphatic heterocycles. The van der Waals surface area contributed by atoms with Crippen LogP contribution >= 0.6 is 33.2 Å². The summed E-state index contributed by atoms with van der Waals surface area (Å²) in [7, 11) is 2.83. The SMILES string of the molecule is NC(CSSC1CCN(C(C(=O)C2CC2)c2ccccc2Cl)C/C1=C/C(=O)O)C(=O)CCC(=O)O. The van der Waals surface area contributed by atoms with Gasteiger partial charge in [0.1, 0.15) is 0 Å². The molecule has 0 spiro atoms. The summed E-state index contributed by atoms with van der Waals surface area (Å²) in [6.07, 6.45) is 3.20. The third-order valence-electron chi connectivity index (χ3n) is 6.03. The van der Waals surface area contributed by atoms with E-state index in [1.54, 1.807) is 6.07 Å². The number of hydrogen-bond acceptors (Lipinski definition) is 8. The van der Waals surface area contributed by atoms with Gasteiger partial charge in [-0.2, -0.15) is 0 Å². The van der Waals surface area contributed by atoms with Crippen LogP contribution in [0.3, 0.4) is 0 Å². The Hall–Kier alpha value is -1.85. The Morgan fingerprint density at radius 1 is 1.14 bits per heavy atom. The van der Waals surface area contributed by atoms with E-state index in [1.165, 1.54) is 27.7 Å². The van der Waals surface area contributed by atoms with Crippen molar-refractivity contribution in [2.24, 2.45) is 11.7 Å². The number of halogens is 1. The van der Waals surface area contributed by atoms with Gasteiger partial charge >= 0.3 is 11.9 Å². The van der Waals surface area contributed by atoms with Crippen molar-refractivity contribution >= 4 is 56.7 Å². The number of Topliss-reactive ketones (excluding diaryl/α,β-unsaturated/α-hetero) is 2. The molecule has 0 radical (unpaired) electrons. The normalized spacial score (nSPS) is 21.4. The van der Waals surface area contributed by atoms with Crippen LogP contribution in [0, 0.1) is 5.92 Å². The Balaban J connectivity index is 1.67. The van der Waals surface area contributed by atoms with Gasteiger partial charge in [0, 0.05) is 47.5 Å². The number of nitrogens with two attached hydrogens (primary N) is 1. The number of benzene rings is 1. The average molecular weight is 541 g/mol. The van der Waals surface area contributed by atoms with Crippen LogP contribution in [-0.4, -0.2) is 68.8 Å². The van der Waals surface area contributed by atoms with E-state index in [0.717, 1.165) is 18.4 Å². The molecule has 1 aromatic rings. The van der Waals surface area contributed by atoms with Gasteiger partial charge in [-0.15, -0.1) is 0 Å². The van der Waals surface area contributed by atoms with E-state index < -0.39 is 24.0 Å². The van der Waals surface area contributed by atoms with Crippen molar-refractivity contribution in [3.05, 3.63) is 46.5 Å². The Labute approximate surface area is 217 Å². The molecule has 3 unspecified atom stereocenters. The molecule has 1 saturated heterocycles. The number of carboxylic acids is 2. The highest BCUT2D eigenvalue weighted by Gasteiger charge is 2.41. The first-order chi connectivity index (χ1) is 16.7. The van der Waals surface area contributed by atoms with Gasteiger partial charge in [0.25, 0.3) is 0 Å². The fourth-order valence-corrected chi connectivity index (χ4v) is 7.14. The molecule has 2 fully saturated rings. The first kappa shape index (κ1) is 27.7. The van der Waals surface area contributed by atoms with E-state index in [4.69, 9.17) is 22.4 Å². The zero-order valence-electron chi connectivity index (χ0n) is 19.1. The molecule has 3 atom stereocenters. The maximum absolute atomic E-state index is 13.2. The summed E-state index contributed by atoms with van der Waals surface area (Å²) in [4.78, 5) is 49.5. The molecule has 0 bridgehead atoms. The van der Waals surface area contributed by atoms with Crippen LogP contribution in [0.4, 0.5) is 0 Å². The summed E-state index contributed by atoms with van der Waals surface area (Å²) in [6, 6.07) is 5.98. The number of nitrogens with zero attached hydrogens (tertiary/aromatic N) is 1. The molecule has 4 N–H and O–H groups in total. The average Bonchev–Trinajstić information content (AvgIpc) is 3.65. The molecule has 3 rings (SSSR count). The molecule has 2 aliphatic rings. The summed E-state index contributed by atoms with van der Waals surface area (Å²) >= 11 is 6.45. The Bertz CT molecular complexity index is 1000. The zero-order valence-corrected chi connectivity index (χ0v) is 21.5. The highest BCUT2D eigenvalue weighted by Crippen LogP contribution is 2.42. The van der Waals surface area contributed by atoms with Crippen molar-refractivity contribution in [1.29, 1.82) is 0 Å². The number of likely N-dealkylation sites (tertiary alicyclic amines) is 1. The molecule has 0 aromatic heterocycles. The highest BCUT2D eigenvalue weighted by atomic mass is 35.5. The minimum Gasteiger partial charge on any atom is -0.481 e. The molecular weight excluding hydrogens is 512 g/mol. The monoisotopic (exact) mass is 540 g/mol. The van der Waals surface area contributed by atoms with Gasteiger partial charge in [-0.3, -0.25) is 19.3 Å². The Morgan fingerprint density at radius 2 is 1.86 bits per heavy atom. The number of carboxylic acid groups (broad SMARTS) is 2. The van der Waals surface area contributed by atoms with E-state index in [-0.39, 0.29) is 35.6 Å². The molecule has 1 aliphatic carbocycles. The van der Waals surface area contributed by atoms with Crippen LogP contribution in [0.25, 0.3) is 0 Å². The van der Waals surface area contributed by atoms with E-state index >= 15 is 0 Å². The predicted molar refractivity (Wildman–Crippen MR) is 138 cm³/mol. The summed E-state index contributed by atoms with van der Waals surface area (Å²) in [6.45, 7) is 0.912. The van der Waals surface area contributed by atoms with Gasteiger partial charge in [0.2, 0.25) is 0 Å². The second-order valence-corrected chi connectivity index (χ2v) is 11.8. The third kappa shape index (κ3) is 8.08. The maximum atomic E-state index is 13.2. The number of ketones is 2. The minimum absolute atomic E-state index is 0.0194. The van der Waals surface area contributed by atoms with Gasteiger partial charge in [0.15, 0.2) is 11.6 Å². The number of aliphatic carboxylic acids is 2. The molecule has 1 heterocycles. The molecule has 35 heavy (non-hydrogen) atoms. The van der Waals surface area contributed by atoms with Crippen molar-refractivity contribution in [3.63, 3.8) is 0 Å². The number of piperidine rings is 1. The zero-order chi connectivity index (χ0) is 25.5. The largest absolute Gasteiger partial charge is 0.481 e. The standard InChI is InChI=1S/C24H29ClN2O6S2/c25-17-4-2-1-3-16(17)23(24(33)14-5-6-14)27-10-9-20(15(12-27)11-22(31)32)35-34-13-18(26)19(28)7-8-21(29)30/h1-4,11,14,18,20,23H,5-10,12-13,26H2,(H,29,30)(H,31,32)/b15-11-. The van der Waals surface area contributed by atoms with Gasteiger partial charge in [-0.25, -0.2) is 4.79 Å².